The zero-order valence-electron chi connectivity index (χ0n) is 20.3. The summed E-state index contributed by atoms with van der Waals surface area (Å²) in [6, 6.07) is 14.2. The zero-order valence-corrected chi connectivity index (χ0v) is 20.3. The number of nitriles is 1. The number of piperidine rings is 1. The average Bonchev–Trinajstić information content (AvgIpc) is 3.37. The van der Waals surface area contributed by atoms with Crippen LogP contribution in [-0.2, 0) is 6.54 Å². The fourth-order valence-electron chi connectivity index (χ4n) is 4.80. The summed E-state index contributed by atoms with van der Waals surface area (Å²) in [6.07, 6.45) is 11.5. The Hall–Kier alpha value is -3.95. The van der Waals surface area contributed by atoms with Crippen molar-refractivity contribution < 1.29 is 0 Å². The number of aryl methyl sites for hydroxylation is 2. The third-order valence-electron chi connectivity index (χ3n) is 6.83. The molecule has 3 aromatic heterocycles. The molecule has 4 heterocycles. The fraction of sp³-hybridized carbons (Fsp3) is 0.276. The number of aromatic nitrogens is 3. The van der Waals surface area contributed by atoms with E-state index in [-0.39, 0.29) is 0 Å². The highest BCUT2D eigenvalue weighted by molar-refractivity contribution is 5.93. The van der Waals surface area contributed by atoms with Gasteiger partial charge in [-0.25, -0.2) is 0 Å². The Morgan fingerprint density at radius 1 is 1.14 bits per heavy atom. The van der Waals surface area contributed by atoms with Crippen LogP contribution in [0.3, 0.4) is 0 Å². The summed E-state index contributed by atoms with van der Waals surface area (Å²) in [6.45, 7) is 7.52. The van der Waals surface area contributed by atoms with Crippen LogP contribution >= 0.6 is 0 Å². The summed E-state index contributed by atoms with van der Waals surface area (Å²) >= 11 is 0. The minimum atomic E-state index is 0.519. The van der Waals surface area contributed by atoms with E-state index in [9.17, 15) is 5.26 Å². The van der Waals surface area contributed by atoms with Gasteiger partial charge in [0.1, 0.15) is 11.8 Å². The third kappa shape index (κ3) is 4.96. The van der Waals surface area contributed by atoms with Gasteiger partial charge in [0.2, 0.25) is 0 Å². The van der Waals surface area contributed by atoms with Crippen molar-refractivity contribution in [3.8, 4) is 6.07 Å². The number of likely N-dealkylation sites (tertiary alicyclic amines) is 1. The van der Waals surface area contributed by atoms with Gasteiger partial charge in [0.15, 0.2) is 0 Å². The highest BCUT2D eigenvalue weighted by atomic mass is 15.1. The first-order valence-electron chi connectivity index (χ1n) is 12.2. The Bertz CT molecular complexity index is 1420. The van der Waals surface area contributed by atoms with Gasteiger partial charge in [0, 0.05) is 41.7 Å². The predicted octanol–water partition coefficient (Wildman–Crippen LogP) is 6.04. The van der Waals surface area contributed by atoms with Crippen LogP contribution in [0.25, 0.3) is 22.7 Å². The molecular weight excluding hydrogens is 432 g/mol. The summed E-state index contributed by atoms with van der Waals surface area (Å²) in [5, 5.41) is 14.4. The number of aromatic amines is 1. The van der Waals surface area contributed by atoms with Crippen molar-refractivity contribution in [1.82, 2.24) is 19.9 Å². The van der Waals surface area contributed by atoms with Crippen LogP contribution in [0.5, 0.6) is 0 Å². The van der Waals surface area contributed by atoms with Crippen molar-refractivity contribution in [2.75, 3.05) is 18.4 Å². The van der Waals surface area contributed by atoms with E-state index in [0.29, 0.717) is 11.3 Å². The number of H-pyrrole nitrogens is 1. The first kappa shape index (κ1) is 22.8. The van der Waals surface area contributed by atoms with Crippen LogP contribution in [0, 0.1) is 25.2 Å². The van der Waals surface area contributed by atoms with Crippen molar-refractivity contribution in [2.45, 2.75) is 39.7 Å². The minimum Gasteiger partial charge on any atom is -0.361 e. The van der Waals surface area contributed by atoms with Crippen LogP contribution in [-0.4, -0.2) is 32.9 Å². The van der Waals surface area contributed by atoms with E-state index in [4.69, 9.17) is 4.98 Å². The number of hydrogen-bond acceptors (Lipinski definition) is 5. The van der Waals surface area contributed by atoms with Gasteiger partial charge in [-0.15, -0.1) is 0 Å². The van der Waals surface area contributed by atoms with Crippen molar-refractivity contribution >= 4 is 28.4 Å². The Labute approximate surface area is 206 Å². The second-order valence-electron chi connectivity index (χ2n) is 9.24. The van der Waals surface area contributed by atoms with Crippen molar-refractivity contribution in [1.29, 1.82) is 5.26 Å². The maximum atomic E-state index is 9.73. The Morgan fingerprint density at radius 3 is 2.80 bits per heavy atom. The van der Waals surface area contributed by atoms with E-state index in [0.717, 1.165) is 53.2 Å². The molecule has 1 saturated heterocycles. The van der Waals surface area contributed by atoms with E-state index in [1.807, 2.05) is 18.5 Å². The zero-order chi connectivity index (χ0) is 24.2. The number of pyridine rings is 2. The lowest BCUT2D eigenvalue weighted by atomic mass is 10.1. The fourth-order valence-corrected chi connectivity index (χ4v) is 4.80. The average molecular weight is 463 g/mol. The molecule has 6 heteroatoms. The Kier molecular flexibility index (Phi) is 6.60. The van der Waals surface area contributed by atoms with Crippen LogP contribution in [0.1, 0.15) is 52.9 Å². The lowest BCUT2D eigenvalue weighted by Crippen LogP contribution is -2.29. The Morgan fingerprint density at radius 2 is 2.00 bits per heavy atom. The molecule has 6 nitrogen and oxygen atoms in total. The number of fused-ring (bicyclic) bond motifs is 1. The quantitative estimate of drug-likeness (QED) is 0.365. The highest BCUT2D eigenvalue weighted by Crippen LogP contribution is 2.29. The molecule has 0 saturated carbocycles. The number of nitrogens with one attached hydrogen (secondary N) is 2. The van der Waals surface area contributed by atoms with Crippen molar-refractivity contribution in [2.24, 2.45) is 0 Å². The van der Waals surface area contributed by atoms with Gasteiger partial charge in [0.25, 0.3) is 0 Å². The molecule has 0 atom stereocenters. The lowest BCUT2D eigenvalue weighted by Gasteiger charge is -2.26. The van der Waals surface area contributed by atoms with Crippen molar-refractivity contribution in [3.63, 3.8) is 0 Å². The summed E-state index contributed by atoms with van der Waals surface area (Å²) in [5.41, 5.74) is 8.39. The first-order valence-corrected chi connectivity index (χ1v) is 12.2. The van der Waals surface area contributed by atoms with Gasteiger partial charge in [0.05, 0.1) is 17.0 Å². The molecule has 0 spiro atoms. The number of hydrogen-bond donors (Lipinski definition) is 2. The van der Waals surface area contributed by atoms with Crippen LogP contribution < -0.4 is 5.32 Å². The molecule has 1 fully saturated rings. The molecule has 0 aliphatic carbocycles. The van der Waals surface area contributed by atoms with E-state index in [2.05, 4.69) is 64.4 Å². The molecule has 1 aromatic carbocycles. The summed E-state index contributed by atoms with van der Waals surface area (Å²) in [7, 11) is 0. The van der Waals surface area contributed by atoms with Gasteiger partial charge >= 0.3 is 0 Å². The van der Waals surface area contributed by atoms with Crippen LogP contribution in [0.4, 0.5) is 5.69 Å². The van der Waals surface area contributed by atoms with Gasteiger partial charge in [-0.05, 0) is 98.9 Å². The maximum Gasteiger partial charge on any atom is 0.104 e. The summed E-state index contributed by atoms with van der Waals surface area (Å²) in [5.74, 6) is 0. The van der Waals surface area contributed by atoms with Gasteiger partial charge < -0.3 is 10.3 Å². The molecule has 5 rings (SSSR count). The Balaban J connectivity index is 1.51. The number of rotatable bonds is 6. The summed E-state index contributed by atoms with van der Waals surface area (Å²) < 4.78 is 0. The molecule has 1 aliphatic rings. The number of anilines is 1. The maximum absolute atomic E-state index is 9.73. The second kappa shape index (κ2) is 10.1. The largest absolute Gasteiger partial charge is 0.361 e. The van der Waals surface area contributed by atoms with Gasteiger partial charge in [-0.3, -0.25) is 14.9 Å². The topological polar surface area (TPSA) is 80.6 Å². The van der Waals surface area contributed by atoms with Crippen LogP contribution in [0.2, 0.25) is 0 Å². The monoisotopic (exact) mass is 462 g/mol. The molecule has 35 heavy (non-hydrogen) atoms. The summed E-state index contributed by atoms with van der Waals surface area (Å²) in [4.78, 5) is 15.1. The molecule has 0 unspecified atom stereocenters. The second-order valence-corrected chi connectivity index (χ2v) is 9.24. The lowest BCUT2D eigenvalue weighted by molar-refractivity contribution is 0.220. The standard InChI is InChI=1S/C29H30N6/c1-20-15-24(33-18-23(20)19-35-13-4-3-5-14-35)16-28(29-22(17-30)7-6-11-32-29)34-26-8-9-27-25(21(26)2)10-12-31-27/h6-12,15-16,18,31,34H,3-5,13-14,19H2,1-2H3/b28-16+. The molecule has 0 bridgehead atoms. The highest BCUT2D eigenvalue weighted by Gasteiger charge is 2.15. The molecule has 4 aromatic rings. The molecule has 176 valence electrons. The van der Waals surface area contributed by atoms with Gasteiger partial charge in [-0.1, -0.05) is 6.42 Å². The molecule has 1 aliphatic heterocycles. The van der Waals surface area contributed by atoms with Crippen LogP contribution in [0.15, 0.2) is 55.0 Å². The van der Waals surface area contributed by atoms with Gasteiger partial charge in [-0.2, -0.15) is 5.26 Å². The SMILES string of the molecule is Cc1cc(/C=C(/Nc2ccc3[nH]ccc3c2C)c2ncccc2C#N)ncc1CN1CCCCC1. The predicted molar refractivity (Wildman–Crippen MR) is 142 cm³/mol. The first-order chi connectivity index (χ1) is 17.1. The van der Waals surface area contributed by atoms with E-state index in [1.165, 1.54) is 30.4 Å². The van der Waals surface area contributed by atoms with E-state index >= 15 is 0 Å². The molecule has 0 amide bonds. The van der Waals surface area contributed by atoms with E-state index in [1.54, 1.807) is 18.3 Å². The van der Waals surface area contributed by atoms with E-state index < -0.39 is 0 Å². The van der Waals surface area contributed by atoms with Crippen molar-refractivity contribution in [3.05, 3.63) is 88.6 Å². The minimum absolute atomic E-state index is 0.519. The number of nitrogens with zero attached hydrogens (tertiary/aromatic N) is 4. The normalized spacial score (nSPS) is 14.7. The third-order valence-corrected chi connectivity index (χ3v) is 6.83. The molecular formula is C29H30N6. The molecule has 2 N–H and O–H groups in total. The number of benzene rings is 1. The smallest absolute Gasteiger partial charge is 0.104 e. The molecule has 0 radical (unpaired) electrons.